The first-order valence-electron chi connectivity index (χ1n) is 6.57. The van der Waals surface area contributed by atoms with Gasteiger partial charge in [0.2, 0.25) is 5.91 Å². The Kier molecular flexibility index (Phi) is 3.68. The molecule has 1 aliphatic rings. The predicted octanol–water partition coefficient (Wildman–Crippen LogP) is 2.24. The summed E-state index contributed by atoms with van der Waals surface area (Å²) < 4.78 is -0.429. The quantitative estimate of drug-likeness (QED) is 0.902. The summed E-state index contributed by atoms with van der Waals surface area (Å²) in [6.07, 6.45) is 3.88. The summed E-state index contributed by atoms with van der Waals surface area (Å²) in [5, 5.41) is 16.1. The lowest BCUT2D eigenvalue weighted by Crippen LogP contribution is -2.37. The number of aromatic nitrogens is 4. The van der Waals surface area contributed by atoms with E-state index in [9.17, 15) is 4.79 Å². The van der Waals surface area contributed by atoms with E-state index in [4.69, 9.17) is 0 Å². The number of carbonyl (C=O) groups is 1. The van der Waals surface area contributed by atoms with Crippen molar-refractivity contribution in [3.05, 3.63) is 30.3 Å². The molecule has 7 heteroatoms. The van der Waals surface area contributed by atoms with E-state index in [1.54, 1.807) is 11.8 Å². The van der Waals surface area contributed by atoms with Gasteiger partial charge in [0.15, 0.2) is 0 Å². The second-order valence-corrected chi connectivity index (χ2v) is 6.26. The third-order valence-corrected chi connectivity index (χ3v) is 4.94. The number of nitrogens with zero attached hydrogens (tertiary/aromatic N) is 3. The lowest BCUT2D eigenvalue weighted by Gasteiger charge is -2.26. The van der Waals surface area contributed by atoms with E-state index in [1.807, 2.05) is 30.3 Å². The zero-order chi connectivity index (χ0) is 13.8. The molecule has 0 aliphatic heterocycles. The smallest absolute Gasteiger partial charge is 0.269 e. The van der Waals surface area contributed by atoms with E-state index >= 15 is 0 Å². The minimum Gasteiger partial charge on any atom is -0.291 e. The average Bonchev–Trinajstić information content (AvgIpc) is 3.12. The zero-order valence-electron chi connectivity index (χ0n) is 10.9. The second-order valence-electron chi connectivity index (χ2n) is 4.81. The number of hydrogen-bond acceptors (Lipinski definition) is 5. The van der Waals surface area contributed by atoms with E-state index in [1.165, 1.54) is 0 Å². The van der Waals surface area contributed by atoms with Crippen LogP contribution >= 0.6 is 11.8 Å². The molecular formula is C13H15N5OS. The van der Waals surface area contributed by atoms with E-state index in [0.29, 0.717) is 0 Å². The monoisotopic (exact) mass is 289 g/mol. The molecule has 0 spiro atoms. The molecule has 1 aromatic heterocycles. The van der Waals surface area contributed by atoms with Crippen LogP contribution in [0.3, 0.4) is 0 Å². The van der Waals surface area contributed by atoms with Gasteiger partial charge in [0.25, 0.3) is 5.95 Å². The SMILES string of the molecule is O=C(Nc1nn[nH]n1)C1(Sc2ccccc2)CCCC1. The van der Waals surface area contributed by atoms with Crippen molar-refractivity contribution in [1.82, 2.24) is 20.6 Å². The van der Waals surface area contributed by atoms with Crippen LogP contribution in [0.25, 0.3) is 0 Å². The van der Waals surface area contributed by atoms with Crippen molar-refractivity contribution in [2.45, 2.75) is 35.3 Å². The molecule has 2 N–H and O–H groups in total. The van der Waals surface area contributed by atoms with Gasteiger partial charge in [0.05, 0.1) is 4.75 Å². The van der Waals surface area contributed by atoms with Crippen LogP contribution in [0.15, 0.2) is 35.2 Å². The van der Waals surface area contributed by atoms with Crippen molar-refractivity contribution in [3.63, 3.8) is 0 Å². The molecule has 20 heavy (non-hydrogen) atoms. The van der Waals surface area contributed by atoms with Gasteiger partial charge >= 0.3 is 0 Å². The Labute approximate surface area is 120 Å². The number of rotatable bonds is 4. The van der Waals surface area contributed by atoms with Gasteiger partial charge in [-0.1, -0.05) is 36.1 Å². The van der Waals surface area contributed by atoms with Gasteiger partial charge in [-0.15, -0.1) is 16.9 Å². The molecule has 3 rings (SSSR count). The lowest BCUT2D eigenvalue weighted by molar-refractivity contribution is -0.118. The minimum absolute atomic E-state index is 0.0368. The fourth-order valence-corrected chi connectivity index (χ4v) is 3.85. The lowest BCUT2D eigenvalue weighted by atomic mass is 10.1. The fraction of sp³-hybridized carbons (Fsp3) is 0.385. The first-order chi connectivity index (χ1) is 9.78. The maximum Gasteiger partial charge on any atom is 0.269 e. The van der Waals surface area contributed by atoms with Crippen LogP contribution in [0.1, 0.15) is 25.7 Å². The molecule has 1 heterocycles. The number of tetrazole rings is 1. The molecule has 1 amide bonds. The third kappa shape index (κ3) is 2.67. The summed E-state index contributed by atoms with van der Waals surface area (Å²) >= 11 is 1.63. The van der Waals surface area contributed by atoms with Gasteiger partial charge in [-0.3, -0.25) is 10.1 Å². The van der Waals surface area contributed by atoms with E-state index in [2.05, 4.69) is 25.9 Å². The minimum atomic E-state index is -0.429. The number of thioether (sulfide) groups is 1. The first kappa shape index (κ1) is 13.1. The van der Waals surface area contributed by atoms with Crippen LogP contribution in [0, 0.1) is 0 Å². The van der Waals surface area contributed by atoms with Gasteiger partial charge in [-0.05, 0) is 30.2 Å². The third-order valence-electron chi connectivity index (χ3n) is 3.45. The van der Waals surface area contributed by atoms with Crippen molar-refractivity contribution in [2.75, 3.05) is 5.32 Å². The van der Waals surface area contributed by atoms with Gasteiger partial charge < -0.3 is 0 Å². The molecule has 0 saturated heterocycles. The average molecular weight is 289 g/mol. The summed E-state index contributed by atoms with van der Waals surface area (Å²) in [6.45, 7) is 0. The van der Waals surface area contributed by atoms with Gasteiger partial charge in [0.1, 0.15) is 0 Å². The van der Waals surface area contributed by atoms with Crippen LogP contribution in [-0.4, -0.2) is 31.3 Å². The highest BCUT2D eigenvalue weighted by Crippen LogP contribution is 2.45. The zero-order valence-corrected chi connectivity index (χ0v) is 11.7. The molecular weight excluding hydrogens is 274 g/mol. The Morgan fingerprint density at radius 1 is 1.25 bits per heavy atom. The maximum absolute atomic E-state index is 12.6. The molecule has 0 atom stereocenters. The van der Waals surface area contributed by atoms with Crippen molar-refractivity contribution < 1.29 is 4.79 Å². The number of benzene rings is 1. The highest BCUT2D eigenvalue weighted by Gasteiger charge is 2.42. The predicted molar refractivity (Wildman–Crippen MR) is 76.3 cm³/mol. The van der Waals surface area contributed by atoms with Crippen LogP contribution in [0.4, 0.5) is 5.95 Å². The Morgan fingerprint density at radius 2 is 2.00 bits per heavy atom. The highest BCUT2D eigenvalue weighted by molar-refractivity contribution is 8.01. The van der Waals surface area contributed by atoms with Crippen LogP contribution in [-0.2, 0) is 4.79 Å². The van der Waals surface area contributed by atoms with Crippen LogP contribution in [0.5, 0.6) is 0 Å². The molecule has 0 bridgehead atoms. The number of hydrogen-bond donors (Lipinski definition) is 2. The summed E-state index contributed by atoms with van der Waals surface area (Å²) in [4.78, 5) is 13.7. The fourth-order valence-electron chi connectivity index (χ4n) is 2.47. The first-order valence-corrected chi connectivity index (χ1v) is 7.39. The maximum atomic E-state index is 12.6. The Hall–Kier alpha value is -1.89. The highest BCUT2D eigenvalue weighted by atomic mass is 32.2. The van der Waals surface area contributed by atoms with E-state index < -0.39 is 4.75 Å². The number of anilines is 1. The van der Waals surface area contributed by atoms with Crippen molar-refractivity contribution in [1.29, 1.82) is 0 Å². The van der Waals surface area contributed by atoms with Gasteiger partial charge in [-0.25, -0.2) is 0 Å². The summed E-state index contributed by atoms with van der Waals surface area (Å²) in [7, 11) is 0. The normalized spacial score (nSPS) is 17.0. The topological polar surface area (TPSA) is 83.6 Å². The Bertz CT molecular complexity index is 566. The number of H-pyrrole nitrogens is 1. The van der Waals surface area contributed by atoms with Crippen LogP contribution < -0.4 is 5.32 Å². The summed E-state index contributed by atoms with van der Waals surface area (Å²) in [6, 6.07) is 10.0. The van der Waals surface area contributed by atoms with E-state index in [-0.39, 0.29) is 11.9 Å². The molecule has 0 unspecified atom stereocenters. The van der Waals surface area contributed by atoms with Crippen molar-refractivity contribution >= 4 is 23.6 Å². The molecule has 1 aliphatic carbocycles. The van der Waals surface area contributed by atoms with E-state index in [0.717, 1.165) is 30.6 Å². The molecule has 1 aromatic carbocycles. The molecule has 0 radical (unpaired) electrons. The van der Waals surface area contributed by atoms with Crippen LogP contribution in [0.2, 0.25) is 0 Å². The number of aromatic amines is 1. The standard InChI is InChI=1S/C13H15N5OS/c19-11(14-12-15-17-18-16-12)13(8-4-5-9-13)20-10-6-2-1-3-7-10/h1-3,6-7H,4-5,8-9H2,(H2,14,15,16,17,18,19). The summed E-state index contributed by atoms with van der Waals surface area (Å²) in [5.41, 5.74) is 0. The molecule has 1 fully saturated rings. The molecule has 6 nitrogen and oxygen atoms in total. The largest absolute Gasteiger partial charge is 0.291 e. The van der Waals surface area contributed by atoms with Crippen molar-refractivity contribution in [2.24, 2.45) is 0 Å². The Balaban J connectivity index is 1.79. The number of carbonyl (C=O) groups excluding carboxylic acids is 1. The molecule has 1 saturated carbocycles. The summed E-state index contributed by atoms with van der Waals surface area (Å²) in [5.74, 6) is 0.195. The Morgan fingerprint density at radius 3 is 2.65 bits per heavy atom. The second kappa shape index (κ2) is 5.62. The van der Waals surface area contributed by atoms with Crippen molar-refractivity contribution in [3.8, 4) is 0 Å². The molecule has 2 aromatic rings. The number of amides is 1. The number of nitrogens with one attached hydrogen (secondary N) is 2. The van der Waals surface area contributed by atoms with Gasteiger partial charge in [0, 0.05) is 4.90 Å². The van der Waals surface area contributed by atoms with Gasteiger partial charge in [-0.2, -0.15) is 5.21 Å². The molecule has 104 valence electrons.